The summed E-state index contributed by atoms with van der Waals surface area (Å²) in [5, 5.41) is 306. The molecule has 10 fully saturated rings. The second kappa shape index (κ2) is 41.8. The second-order valence-corrected chi connectivity index (χ2v) is 30.2. The van der Waals surface area contributed by atoms with Crippen LogP contribution in [-0.4, -0.2) is 515 Å². The number of aliphatic hydroxyl groups is 27. The van der Waals surface area contributed by atoms with E-state index in [1.165, 1.54) is 13.8 Å². The van der Waals surface area contributed by atoms with Gasteiger partial charge in [-0.2, -0.15) is 0 Å². The third-order valence-corrected chi connectivity index (χ3v) is 22.0. The van der Waals surface area contributed by atoms with Crippen molar-refractivity contribution in [2.45, 2.75) is 341 Å². The Morgan fingerprint density at radius 1 is 0.237 bits per heavy atom. The summed E-state index contributed by atoms with van der Waals surface area (Å²) in [5.74, 6) is -2.91. The zero-order valence-corrected chi connectivity index (χ0v) is 63.6. The quantitative estimate of drug-likeness (QED) is 0.0331. The maximum absolute atomic E-state index is 13.5. The molecule has 52 nitrogen and oxygen atoms in total. The van der Waals surface area contributed by atoms with Gasteiger partial charge in [-0.05, 0) is 13.8 Å². The molecule has 0 bridgehead atoms. The van der Waals surface area contributed by atoms with E-state index in [0.29, 0.717) is 0 Å². The van der Waals surface area contributed by atoms with Crippen LogP contribution in [0.5, 0.6) is 0 Å². The van der Waals surface area contributed by atoms with E-state index in [0.717, 1.165) is 20.8 Å². The number of rotatable bonds is 29. The van der Waals surface area contributed by atoms with Crippen molar-refractivity contribution in [3.63, 3.8) is 0 Å². The number of ether oxygens (including phenoxy) is 19. The third kappa shape index (κ3) is 20.8. The summed E-state index contributed by atoms with van der Waals surface area (Å²) in [6.45, 7) is -3.60. The van der Waals surface area contributed by atoms with Gasteiger partial charge in [0.05, 0.1) is 65.1 Å². The molecule has 10 heterocycles. The van der Waals surface area contributed by atoms with Crippen LogP contribution in [0.1, 0.15) is 34.6 Å². The largest absolute Gasteiger partial charge is 0.394 e. The molecule has 684 valence electrons. The van der Waals surface area contributed by atoms with Crippen LogP contribution in [0.3, 0.4) is 0 Å². The van der Waals surface area contributed by atoms with Crippen molar-refractivity contribution in [2.75, 3.05) is 52.9 Å². The average Bonchev–Trinajstić information content (AvgIpc) is 0.759. The zero-order valence-electron chi connectivity index (χ0n) is 63.6. The summed E-state index contributed by atoms with van der Waals surface area (Å²) in [4.78, 5) is 39.7. The van der Waals surface area contributed by atoms with Crippen LogP contribution in [-0.2, 0) is 104 Å². The minimum absolute atomic E-state index is 0.924. The molecule has 10 rings (SSSR count). The number of carbonyl (C=O) groups is 3. The van der Waals surface area contributed by atoms with Gasteiger partial charge in [-0.1, -0.05) is 0 Å². The smallest absolute Gasteiger partial charge is 0.217 e. The lowest BCUT2D eigenvalue weighted by Crippen LogP contribution is -2.71. The van der Waals surface area contributed by atoms with Gasteiger partial charge in [0.1, 0.15) is 232 Å². The molecule has 52 heteroatoms. The Hall–Kier alpha value is -3.43. The molecule has 0 aromatic carbocycles. The van der Waals surface area contributed by atoms with E-state index in [2.05, 4.69) is 16.0 Å². The Morgan fingerprint density at radius 2 is 0.534 bits per heavy atom. The second-order valence-electron chi connectivity index (χ2n) is 30.2. The van der Waals surface area contributed by atoms with Gasteiger partial charge in [-0.3, -0.25) is 14.4 Å². The van der Waals surface area contributed by atoms with E-state index >= 15 is 0 Å². The number of carbonyl (C=O) groups excluding carboxylic acids is 3. The molecule has 30 N–H and O–H groups in total. The molecule has 10 aliphatic heterocycles. The minimum Gasteiger partial charge on any atom is -0.394 e. The molecule has 10 saturated heterocycles. The molecule has 0 saturated carbocycles. The molecule has 0 aliphatic carbocycles. The standard InChI is InChI=1S/C66H111N3O49/c1-14-30(80)38(88)44(94)61(101-14)113-51-25(12-76)109-60(29(69-18(5)79)53(51)115-66-56(41(91)33(83)20(7-71)107-66)118-62-45(95)39(89)31(81)15(2)102-62)116-54-35(85)22(9-73)106-64(47(54)97)111-49-24(11-75)108-58(27(37(49)87)67-16(3)77)100-13-26-36(86)55(48(98)65(110-26)112-50-23(10-74)103-57(99)43(93)42(50)92)117-59-28(68-17(4)78)52(34(84)21(8-72)104-59)114-63-46(96)40(90)32(82)19(6-70)105-63/h14-15,19-66,70-76,80-99H,6-13H2,1-5H3,(H,67,77)(H,68,78)(H,69,79)/t14-,15-,19+,20+,21+,22+,23+,24+,25+,26+,27+,28+,29+,30+,31+,32-,33-,34+,35-,36-,37+,38+,39+,40-,41-,42+,43+,44-,45-,46+,47+,48+,49+,50+,51+,52+,53+,54-,55-,56+,57+,58+,59-,60-,61-,62-,63-,64-,65-,66-/m0/s1. The van der Waals surface area contributed by atoms with Crippen molar-refractivity contribution in [3.05, 3.63) is 0 Å². The van der Waals surface area contributed by atoms with Crippen molar-refractivity contribution >= 4 is 17.7 Å². The van der Waals surface area contributed by atoms with Gasteiger partial charge in [0, 0.05) is 20.8 Å². The van der Waals surface area contributed by atoms with Gasteiger partial charge in [0.15, 0.2) is 62.9 Å². The summed E-state index contributed by atoms with van der Waals surface area (Å²) >= 11 is 0. The maximum atomic E-state index is 13.5. The third-order valence-electron chi connectivity index (χ3n) is 22.0. The Kier molecular flexibility index (Phi) is 34.3. The molecule has 0 aromatic rings. The van der Waals surface area contributed by atoms with Gasteiger partial charge >= 0.3 is 0 Å². The van der Waals surface area contributed by atoms with Crippen LogP contribution in [0.4, 0.5) is 0 Å². The first-order valence-corrected chi connectivity index (χ1v) is 37.9. The monoisotopic (exact) mass is 1730 g/mol. The van der Waals surface area contributed by atoms with Gasteiger partial charge in [-0.15, -0.1) is 0 Å². The first kappa shape index (κ1) is 96.8. The predicted molar refractivity (Wildman–Crippen MR) is 362 cm³/mol. The lowest BCUT2D eigenvalue weighted by atomic mass is 9.93. The van der Waals surface area contributed by atoms with Crippen LogP contribution >= 0.6 is 0 Å². The highest BCUT2D eigenvalue weighted by Crippen LogP contribution is 2.41. The molecule has 3 amide bonds. The number of nitrogens with one attached hydrogen (secondary N) is 3. The van der Waals surface area contributed by atoms with Crippen molar-refractivity contribution in [3.8, 4) is 0 Å². The molecular formula is C66H111N3O49. The van der Waals surface area contributed by atoms with Crippen molar-refractivity contribution < 1.29 is 242 Å². The lowest BCUT2D eigenvalue weighted by molar-refractivity contribution is -0.400. The summed E-state index contributed by atoms with van der Waals surface area (Å²) in [6, 6.07) is -5.88. The van der Waals surface area contributed by atoms with Crippen molar-refractivity contribution in [2.24, 2.45) is 0 Å². The number of amides is 3. The van der Waals surface area contributed by atoms with E-state index in [1.807, 2.05) is 0 Å². The number of aliphatic hydroxyl groups excluding tert-OH is 27. The van der Waals surface area contributed by atoms with Gasteiger partial charge in [-0.25, -0.2) is 0 Å². The Bertz CT molecular complexity index is 3140. The first-order valence-electron chi connectivity index (χ1n) is 37.9. The molecule has 0 aromatic heterocycles. The maximum Gasteiger partial charge on any atom is 0.217 e. The summed E-state index contributed by atoms with van der Waals surface area (Å²) in [7, 11) is 0. The first-order chi connectivity index (χ1) is 55.8. The average molecular weight is 1730 g/mol. The van der Waals surface area contributed by atoms with Crippen LogP contribution in [0, 0.1) is 0 Å². The van der Waals surface area contributed by atoms with Crippen molar-refractivity contribution in [1.29, 1.82) is 0 Å². The SMILES string of the molecule is CC(=O)N[C@H]1[C@H](OC[C@H]2O[C@@H](O[C@H]3[C@H](O)[C@@H](O)[C@H](O)O[C@@H]3CO)[C@H](O)[C@@H](O[C@@H]3O[C@H](CO)[C@@H](O)[C@H](O[C@@H]4O[C@H](CO)[C@H](O)[C@H](O)[C@H]4O)[C@H]3NC(C)=O)[C@H]2O)O[C@H](CO)[C@@H](O[C@@H]2O[C@H](CO)[C@H](O)[C@H](O[C@@H]3O[C@H](CO)[C@@H](O[C@@H]4O[C@@H](C)[C@@H](O)[C@@H](O)[C@@H]4O)[C@H](O[C@@H]4O[C@H](CO)[C@H](O)[C@H](O)[C@H]4O[C@@H]4O[C@@H](C)[C@@H](O)[C@@H](O)[C@@H]4O)[C@H]3NC(C)=O)[C@H]2O)[C@@H]1O. The van der Waals surface area contributed by atoms with Crippen LogP contribution < -0.4 is 16.0 Å². The number of hydrogen-bond acceptors (Lipinski definition) is 49. The summed E-state index contributed by atoms with van der Waals surface area (Å²) < 4.78 is 113. The van der Waals surface area contributed by atoms with E-state index in [-0.39, 0.29) is 0 Å². The van der Waals surface area contributed by atoms with Gasteiger partial charge < -0.3 is 244 Å². The molecule has 10 aliphatic rings. The molecule has 0 radical (unpaired) electrons. The fraction of sp³-hybridized carbons (Fsp3) is 0.955. The molecule has 0 unspecified atom stereocenters. The summed E-state index contributed by atoms with van der Waals surface area (Å²) in [5.41, 5.74) is 0. The van der Waals surface area contributed by atoms with Crippen LogP contribution in [0.25, 0.3) is 0 Å². The van der Waals surface area contributed by atoms with Crippen LogP contribution in [0.15, 0.2) is 0 Å². The normalized spacial score (nSPS) is 51.1. The highest BCUT2D eigenvalue weighted by Gasteiger charge is 2.62. The van der Waals surface area contributed by atoms with Crippen LogP contribution in [0.2, 0.25) is 0 Å². The molecular weight excluding hydrogens is 1620 g/mol. The highest BCUT2D eigenvalue weighted by atomic mass is 16.8. The fourth-order valence-corrected chi connectivity index (χ4v) is 15.4. The summed E-state index contributed by atoms with van der Waals surface area (Å²) in [6.07, 6.45) is -96.0. The van der Waals surface area contributed by atoms with E-state index in [9.17, 15) is 152 Å². The van der Waals surface area contributed by atoms with E-state index < -0.39 is 377 Å². The molecule has 0 spiro atoms. The topological polar surface area (TPSA) is 809 Å². The van der Waals surface area contributed by atoms with E-state index in [1.54, 1.807) is 0 Å². The Labute approximate surface area is 668 Å². The lowest BCUT2D eigenvalue weighted by Gasteiger charge is -2.52. The highest BCUT2D eigenvalue weighted by molar-refractivity contribution is 5.74. The van der Waals surface area contributed by atoms with E-state index in [4.69, 9.17) is 90.0 Å². The fourth-order valence-electron chi connectivity index (χ4n) is 15.4. The zero-order chi connectivity index (χ0) is 86.8. The Morgan fingerprint density at radius 3 is 1.01 bits per heavy atom. The number of hydrogen-bond donors (Lipinski definition) is 30. The minimum atomic E-state index is -2.46. The van der Waals surface area contributed by atoms with Crippen molar-refractivity contribution in [1.82, 2.24) is 16.0 Å². The Balaban J connectivity index is 0.928. The molecule has 118 heavy (non-hydrogen) atoms. The van der Waals surface area contributed by atoms with Gasteiger partial charge in [0.25, 0.3) is 0 Å². The predicted octanol–water partition coefficient (Wildman–Crippen LogP) is -20.3. The molecule has 50 atom stereocenters. The van der Waals surface area contributed by atoms with Gasteiger partial charge in [0.2, 0.25) is 17.7 Å².